The zero-order chi connectivity index (χ0) is 24.9. The number of rotatable bonds is 9. The smallest absolute Gasteiger partial charge is 0.253 e. The van der Waals surface area contributed by atoms with Gasteiger partial charge in [0.1, 0.15) is 0 Å². The molecule has 4 rings (SSSR count). The molecule has 0 saturated carbocycles. The molecule has 35 heavy (non-hydrogen) atoms. The molecule has 1 unspecified atom stereocenters. The third kappa shape index (κ3) is 5.89. The van der Waals surface area contributed by atoms with E-state index < -0.39 is 0 Å². The highest BCUT2D eigenvalue weighted by Gasteiger charge is 2.18. The first-order valence-electron chi connectivity index (χ1n) is 11.8. The molecule has 182 valence electrons. The number of thioether (sulfide) groups is 1. The summed E-state index contributed by atoms with van der Waals surface area (Å²) in [6.07, 6.45) is 1.01. The molecule has 1 N–H and O–H groups in total. The van der Waals surface area contributed by atoms with Crippen LogP contribution in [0.25, 0.3) is 5.78 Å². The number of fused-ring (bicyclic) bond motifs is 1. The van der Waals surface area contributed by atoms with Crippen molar-refractivity contribution in [2.45, 2.75) is 44.1 Å². The molecule has 2 aromatic heterocycles. The van der Waals surface area contributed by atoms with Crippen molar-refractivity contribution in [1.29, 1.82) is 0 Å². The second-order valence-corrected chi connectivity index (χ2v) is 9.82. The maximum atomic E-state index is 13.2. The summed E-state index contributed by atoms with van der Waals surface area (Å²) < 4.78 is 1.75. The van der Waals surface area contributed by atoms with Gasteiger partial charge in [-0.1, -0.05) is 61.2 Å². The van der Waals surface area contributed by atoms with Crippen LogP contribution in [-0.2, 0) is 12.2 Å². The number of hydrogen-bond acceptors (Lipinski definition) is 6. The molecule has 1 amide bonds. The number of likely N-dealkylation sites (N-methyl/N-ethyl adjacent to an activating group) is 1. The maximum absolute atomic E-state index is 13.2. The van der Waals surface area contributed by atoms with Crippen LogP contribution >= 0.6 is 11.8 Å². The fourth-order valence-corrected chi connectivity index (χ4v) is 4.90. The lowest BCUT2D eigenvalue weighted by molar-refractivity contribution is 0.0941. The summed E-state index contributed by atoms with van der Waals surface area (Å²) in [6, 6.07) is 18.4. The number of amides is 1. The van der Waals surface area contributed by atoms with Crippen LogP contribution in [0.1, 0.15) is 51.4 Å². The molecule has 0 radical (unpaired) electrons. The van der Waals surface area contributed by atoms with E-state index in [2.05, 4.69) is 56.5 Å². The maximum Gasteiger partial charge on any atom is 0.253 e. The normalized spacial score (nSPS) is 12.3. The molecule has 0 fully saturated rings. The van der Waals surface area contributed by atoms with Crippen molar-refractivity contribution in [3.8, 4) is 0 Å². The van der Waals surface area contributed by atoms with E-state index in [-0.39, 0.29) is 11.9 Å². The molecule has 0 aliphatic heterocycles. The number of aryl methyl sites for hydroxylation is 3. The molecule has 0 spiro atoms. The van der Waals surface area contributed by atoms with Crippen LogP contribution < -0.4 is 5.32 Å². The lowest BCUT2D eigenvalue weighted by Gasteiger charge is -2.25. The Labute approximate surface area is 211 Å². The van der Waals surface area contributed by atoms with Crippen molar-refractivity contribution in [1.82, 2.24) is 29.8 Å². The van der Waals surface area contributed by atoms with Gasteiger partial charge in [0.15, 0.2) is 0 Å². The van der Waals surface area contributed by atoms with Gasteiger partial charge in [-0.05, 0) is 63.2 Å². The molecule has 1 atom stereocenters. The van der Waals surface area contributed by atoms with E-state index in [1.165, 1.54) is 22.9 Å². The Balaban J connectivity index is 1.45. The summed E-state index contributed by atoms with van der Waals surface area (Å²) in [6.45, 7) is 6.61. The Morgan fingerprint density at radius 1 is 1.09 bits per heavy atom. The lowest BCUT2D eigenvalue weighted by Crippen LogP contribution is -2.34. The summed E-state index contributed by atoms with van der Waals surface area (Å²) in [5.41, 5.74) is 6.03. The molecule has 0 bridgehead atoms. The van der Waals surface area contributed by atoms with Crippen LogP contribution in [0.15, 0.2) is 59.8 Å². The number of hydrogen-bond donors (Lipinski definition) is 1. The topological polar surface area (TPSA) is 75.4 Å². The first-order chi connectivity index (χ1) is 16.9. The summed E-state index contributed by atoms with van der Waals surface area (Å²) >= 11 is 1.50. The van der Waals surface area contributed by atoms with Gasteiger partial charge in [-0.2, -0.15) is 4.98 Å². The van der Waals surface area contributed by atoms with Crippen LogP contribution in [0, 0.1) is 13.8 Å². The third-order valence-corrected chi connectivity index (χ3v) is 6.96. The average molecular weight is 489 g/mol. The van der Waals surface area contributed by atoms with Gasteiger partial charge in [-0.25, -0.2) is 9.50 Å². The molecule has 7 nitrogen and oxygen atoms in total. The molecular formula is C27H32N6OS. The van der Waals surface area contributed by atoms with Gasteiger partial charge in [0, 0.05) is 29.2 Å². The first-order valence-corrected chi connectivity index (χ1v) is 12.8. The average Bonchev–Trinajstić information content (AvgIpc) is 3.26. The zero-order valence-corrected chi connectivity index (χ0v) is 21.8. The number of benzene rings is 2. The SMILES string of the molecule is CCc1ccc(C(CNC(=O)c2ccccc2CSc2nc3nc(C)cc(C)n3n2)N(C)C)cc1. The Morgan fingerprint density at radius 2 is 1.83 bits per heavy atom. The van der Waals surface area contributed by atoms with E-state index in [1.54, 1.807) is 4.52 Å². The lowest BCUT2D eigenvalue weighted by atomic mass is 10.0. The molecular weight excluding hydrogens is 456 g/mol. The number of aromatic nitrogens is 4. The van der Waals surface area contributed by atoms with Gasteiger partial charge in [0.05, 0.1) is 6.04 Å². The second kappa shape index (κ2) is 11.0. The minimum absolute atomic E-state index is 0.0747. The van der Waals surface area contributed by atoms with Crippen LogP contribution in [0.5, 0.6) is 0 Å². The molecule has 8 heteroatoms. The fourth-order valence-electron chi connectivity index (χ4n) is 4.08. The van der Waals surface area contributed by atoms with E-state index in [4.69, 9.17) is 0 Å². The predicted molar refractivity (Wildman–Crippen MR) is 141 cm³/mol. The molecule has 0 saturated heterocycles. The fraction of sp³-hybridized carbons (Fsp3) is 0.333. The predicted octanol–water partition coefficient (Wildman–Crippen LogP) is 4.63. The van der Waals surface area contributed by atoms with Crippen molar-refractivity contribution in [3.63, 3.8) is 0 Å². The highest BCUT2D eigenvalue weighted by atomic mass is 32.2. The van der Waals surface area contributed by atoms with Crippen molar-refractivity contribution < 1.29 is 4.79 Å². The highest BCUT2D eigenvalue weighted by Crippen LogP contribution is 2.23. The molecule has 0 aliphatic carbocycles. The van der Waals surface area contributed by atoms with Crippen molar-refractivity contribution >= 4 is 23.4 Å². The van der Waals surface area contributed by atoms with Gasteiger partial charge in [-0.3, -0.25) is 4.79 Å². The van der Waals surface area contributed by atoms with Gasteiger partial charge in [0.25, 0.3) is 11.7 Å². The monoisotopic (exact) mass is 488 g/mol. The van der Waals surface area contributed by atoms with E-state index in [1.807, 2.05) is 58.3 Å². The Kier molecular flexibility index (Phi) is 7.83. The van der Waals surface area contributed by atoms with E-state index in [9.17, 15) is 4.79 Å². The second-order valence-electron chi connectivity index (χ2n) is 8.88. The van der Waals surface area contributed by atoms with Crippen molar-refractivity contribution in [3.05, 3.63) is 88.2 Å². The van der Waals surface area contributed by atoms with Crippen molar-refractivity contribution in [2.75, 3.05) is 20.6 Å². The standard InChI is InChI=1S/C27H32N6OS/c1-6-20-11-13-21(14-12-20)24(32(4)5)16-28-25(34)23-10-8-7-9-22(23)17-35-27-30-26-29-18(2)15-19(3)33(26)31-27/h7-15,24H,6,16-17H2,1-5H3,(H,28,34). The molecule has 2 aromatic carbocycles. The summed E-state index contributed by atoms with van der Waals surface area (Å²) in [5, 5.41) is 8.36. The summed E-state index contributed by atoms with van der Waals surface area (Å²) in [7, 11) is 4.07. The largest absolute Gasteiger partial charge is 0.350 e. The van der Waals surface area contributed by atoms with E-state index in [0.717, 1.165) is 23.4 Å². The van der Waals surface area contributed by atoms with Crippen LogP contribution in [0.3, 0.4) is 0 Å². The van der Waals surface area contributed by atoms with Gasteiger partial charge in [0.2, 0.25) is 5.16 Å². The number of carbonyl (C=O) groups is 1. The molecule has 0 aliphatic rings. The minimum Gasteiger partial charge on any atom is -0.350 e. The van der Waals surface area contributed by atoms with Gasteiger partial charge >= 0.3 is 0 Å². The summed E-state index contributed by atoms with van der Waals surface area (Å²) in [4.78, 5) is 24.3. The van der Waals surface area contributed by atoms with Crippen molar-refractivity contribution in [2.24, 2.45) is 0 Å². The number of nitrogens with zero attached hydrogens (tertiary/aromatic N) is 5. The Morgan fingerprint density at radius 3 is 2.54 bits per heavy atom. The highest BCUT2D eigenvalue weighted by molar-refractivity contribution is 7.98. The Hall–Kier alpha value is -3.23. The number of carbonyl (C=O) groups excluding carboxylic acids is 1. The number of nitrogens with one attached hydrogen (secondary N) is 1. The van der Waals surface area contributed by atoms with E-state index >= 15 is 0 Å². The Bertz CT molecular complexity index is 1320. The third-order valence-electron chi connectivity index (χ3n) is 6.07. The first kappa shape index (κ1) is 24.9. The molecule has 4 aromatic rings. The van der Waals surface area contributed by atoms with E-state index in [0.29, 0.717) is 28.8 Å². The van der Waals surface area contributed by atoms with Gasteiger partial charge < -0.3 is 10.2 Å². The summed E-state index contributed by atoms with van der Waals surface area (Å²) in [5.74, 6) is 1.11. The van der Waals surface area contributed by atoms with Crippen LogP contribution in [-0.4, -0.2) is 51.0 Å². The minimum atomic E-state index is -0.0747. The molecule has 2 heterocycles. The van der Waals surface area contributed by atoms with Crippen LogP contribution in [0.4, 0.5) is 0 Å². The zero-order valence-electron chi connectivity index (χ0n) is 20.9. The quantitative estimate of drug-likeness (QED) is 0.346. The van der Waals surface area contributed by atoms with Gasteiger partial charge in [-0.15, -0.1) is 5.10 Å². The van der Waals surface area contributed by atoms with Crippen LogP contribution in [0.2, 0.25) is 0 Å².